The lowest BCUT2D eigenvalue weighted by molar-refractivity contribution is -0.138. The zero-order valence-electron chi connectivity index (χ0n) is 22.8. The van der Waals surface area contributed by atoms with Crippen LogP contribution < -0.4 is 21.1 Å². The molecule has 0 aromatic heterocycles. The molecule has 0 aliphatic heterocycles. The Bertz CT molecular complexity index is 1280. The standard InChI is InChI=1S/C27H37N5O7S/c1-27(2,3)39-16-22(32-40(37,38)17-19-7-5-4-6-8-19)26(36)31-21(13-14-23(33)34)25(35)30-15-18-9-11-20(12-10-18)24(28)29/h4-12,21-22,32H,13-17H2,1-3H3,(H3,28,29)(H,30,35)(H,31,36)(H,33,34)/t21-,22+/m0/s1. The van der Waals surface area contributed by atoms with Crippen molar-refractivity contribution in [1.82, 2.24) is 15.4 Å². The van der Waals surface area contributed by atoms with Gasteiger partial charge in [0.1, 0.15) is 17.9 Å². The predicted molar refractivity (Wildman–Crippen MR) is 150 cm³/mol. The van der Waals surface area contributed by atoms with Gasteiger partial charge in [0, 0.05) is 18.5 Å². The van der Waals surface area contributed by atoms with Crippen LogP contribution in [0.25, 0.3) is 0 Å². The normalized spacial score (nSPS) is 13.2. The molecule has 2 aromatic carbocycles. The first-order chi connectivity index (χ1) is 18.6. The van der Waals surface area contributed by atoms with Gasteiger partial charge in [-0.1, -0.05) is 54.6 Å². The number of carbonyl (C=O) groups is 3. The summed E-state index contributed by atoms with van der Waals surface area (Å²) >= 11 is 0. The van der Waals surface area contributed by atoms with E-state index in [2.05, 4.69) is 15.4 Å². The zero-order chi connectivity index (χ0) is 29.9. The molecule has 0 radical (unpaired) electrons. The summed E-state index contributed by atoms with van der Waals surface area (Å²) in [6.07, 6.45) is -0.631. The summed E-state index contributed by atoms with van der Waals surface area (Å²) in [5.41, 5.74) is 6.47. The molecule has 0 spiro atoms. The van der Waals surface area contributed by atoms with Crippen molar-refractivity contribution in [2.75, 3.05) is 6.61 Å². The fourth-order valence-corrected chi connectivity index (χ4v) is 4.80. The fraction of sp³-hybridized carbons (Fsp3) is 0.407. The number of amides is 2. The van der Waals surface area contributed by atoms with Crippen molar-refractivity contribution in [1.29, 1.82) is 5.41 Å². The van der Waals surface area contributed by atoms with Crippen LogP contribution in [0.15, 0.2) is 54.6 Å². The van der Waals surface area contributed by atoms with Gasteiger partial charge in [0.05, 0.1) is 18.0 Å². The van der Waals surface area contributed by atoms with Gasteiger partial charge in [-0.2, -0.15) is 0 Å². The van der Waals surface area contributed by atoms with E-state index < -0.39 is 51.9 Å². The molecule has 218 valence electrons. The fourth-order valence-electron chi connectivity index (χ4n) is 3.47. The van der Waals surface area contributed by atoms with E-state index in [0.717, 1.165) is 0 Å². The Morgan fingerprint density at radius 3 is 2.15 bits per heavy atom. The maximum absolute atomic E-state index is 13.2. The highest BCUT2D eigenvalue weighted by Crippen LogP contribution is 2.11. The first-order valence-electron chi connectivity index (χ1n) is 12.6. The van der Waals surface area contributed by atoms with Gasteiger partial charge in [-0.15, -0.1) is 0 Å². The second kappa shape index (κ2) is 14.5. The van der Waals surface area contributed by atoms with Crippen LogP contribution >= 0.6 is 0 Å². The number of carbonyl (C=O) groups excluding carboxylic acids is 2. The molecule has 7 N–H and O–H groups in total. The number of ether oxygens (including phenoxy) is 1. The molecule has 40 heavy (non-hydrogen) atoms. The topological polar surface area (TPSA) is 201 Å². The highest BCUT2D eigenvalue weighted by Gasteiger charge is 2.30. The number of aliphatic carboxylic acids is 1. The summed E-state index contributed by atoms with van der Waals surface area (Å²) in [5, 5.41) is 21.7. The molecule has 2 amide bonds. The number of sulfonamides is 1. The number of rotatable bonds is 15. The molecule has 0 aliphatic rings. The Morgan fingerprint density at radius 1 is 0.975 bits per heavy atom. The van der Waals surface area contributed by atoms with E-state index in [1.165, 1.54) is 0 Å². The smallest absolute Gasteiger partial charge is 0.303 e. The van der Waals surface area contributed by atoms with E-state index in [0.29, 0.717) is 16.7 Å². The zero-order valence-corrected chi connectivity index (χ0v) is 23.6. The molecule has 12 nitrogen and oxygen atoms in total. The molecule has 2 rings (SSSR count). The van der Waals surface area contributed by atoms with Crippen molar-refractivity contribution in [2.24, 2.45) is 5.73 Å². The molecule has 0 aliphatic carbocycles. The lowest BCUT2D eigenvalue weighted by Gasteiger charge is -2.26. The van der Waals surface area contributed by atoms with Crippen molar-refractivity contribution in [3.8, 4) is 0 Å². The Labute approximate surface area is 234 Å². The molecular formula is C27H37N5O7S. The summed E-state index contributed by atoms with van der Waals surface area (Å²) < 4.78 is 33.8. The minimum Gasteiger partial charge on any atom is -0.481 e. The minimum absolute atomic E-state index is 0.0662. The monoisotopic (exact) mass is 575 g/mol. The quantitative estimate of drug-likeness (QED) is 0.134. The van der Waals surface area contributed by atoms with Crippen molar-refractivity contribution in [2.45, 2.75) is 63.6 Å². The van der Waals surface area contributed by atoms with Crippen molar-refractivity contribution >= 4 is 33.6 Å². The summed E-state index contributed by atoms with van der Waals surface area (Å²) in [7, 11) is -3.99. The van der Waals surface area contributed by atoms with Crippen molar-refractivity contribution in [3.63, 3.8) is 0 Å². The Hall–Kier alpha value is -3.81. The van der Waals surface area contributed by atoms with Crippen molar-refractivity contribution in [3.05, 3.63) is 71.3 Å². The maximum atomic E-state index is 13.2. The van der Waals surface area contributed by atoms with Gasteiger partial charge in [-0.05, 0) is 38.3 Å². The second-order valence-electron chi connectivity index (χ2n) is 10.2. The molecule has 13 heteroatoms. The summed E-state index contributed by atoms with van der Waals surface area (Å²) in [4.78, 5) is 37.4. The van der Waals surface area contributed by atoms with Crippen LogP contribution in [-0.4, -0.2) is 61.4 Å². The molecule has 0 bridgehead atoms. The largest absolute Gasteiger partial charge is 0.481 e. The van der Waals surface area contributed by atoms with Gasteiger partial charge in [-0.3, -0.25) is 19.8 Å². The van der Waals surface area contributed by atoms with Crippen LogP contribution in [0.5, 0.6) is 0 Å². The molecule has 0 heterocycles. The van der Waals surface area contributed by atoms with Crippen molar-refractivity contribution < 1.29 is 32.6 Å². The van der Waals surface area contributed by atoms with Gasteiger partial charge in [0.2, 0.25) is 21.8 Å². The van der Waals surface area contributed by atoms with Gasteiger partial charge in [0.25, 0.3) is 0 Å². The van der Waals surface area contributed by atoms with Crippen LogP contribution in [-0.2, 0) is 41.4 Å². The molecule has 0 saturated carbocycles. The third kappa shape index (κ3) is 11.9. The number of hydrogen-bond acceptors (Lipinski definition) is 7. The third-order valence-electron chi connectivity index (χ3n) is 5.53. The molecule has 0 fully saturated rings. The van der Waals surface area contributed by atoms with Crippen LogP contribution in [0.3, 0.4) is 0 Å². The van der Waals surface area contributed by atoms with E-state index in [4.69, 9.17) is 21.0 Å². The number of carboxylic acid groups (broad SMARTS) is 1. The Kier molecular flexibility index (Phi) is 11.8. The summed E-state index contributed by atoms with van der Waals surface area (Å²) in [6.45, 7) is 4.97. The number of nitrogens with one attached hydrogen (secondary N) is 4. The molecule has 0 saturated heterocycles. The van der Waals surface area contributed by atoms with E-state index in [1.807, 2.05) is 0 Å². The van der Waals surface area contributed by atoms with Gasteiger partial charge < -0.3 is 26.2 Å². The second-order valence-corrected chi connectivity index (χ2v) is 11.9. The minimum atomic E-state index is -3.99. The van der Waals surface area contributed by atoms with Gasteiger partial charge >= 0.3 is 5.97 Å². The van der Waals surface area contributed by atoms with Gasteiger partial charge in [0.15, 0.2) is 0 Å². The molecule has 2 aromatic rings. The number of hydrogen-bond donors (Lipinski definition) is 6. The molecule has 0 unspecified atom stereocenters. The SMILES string of the molecule is CC(C)(C)OC[C@@H](NS(=O)(=O)Cc1ccccc1)C(=O)N[C@@H](CCC(=O)O)C(=O)NCc1ccc(C(=N)N)cc1. The van der Waals surface area contributed by atoms with Crippen LogP contribution in [0.2, 0.25) is 0 Å². The summed E-state index contributed by atoms with van der Waals surface area (Å²) in [6, 6.07) is 12.4. The van der Waals surface area contributed by atoms with Crippen LogP contribution in [0.4, 0.5) is 0 Å². The average Bonchev–Trinajstić information content (AvgIpc) is 2.87. The van der Waals surface area contributed by atoms with E-state index in [9.17, 15) is 22.8 Å². The predicted octanol–water partition coefficient (Wildman–Crippen LogP) is 1.24. The van der Waals surface area contributed by atoms with Gasteiger partial charge in [-0.25, -0.2) is 13.1 Å². The number of nitrogen functional groups attached to an aromatic ring is 1. The lowest BCUT2D eigenvalue weighted by atomic mass is 10.1. The van der Waals surface area contributed by atoms with Crippen LogP contribution in [0.1, 0.15) is 50.3 Å². The highest BCUT2D eigenvalue weighted by molar-refractivity contribution is 7.88. The van der Waals surface area contributed by atoms with Crippen LogP contribution in [0, 0.1) is 5.41 Å². The van der Waals surface area contributed by atoms with E-state index in [-0.39, 0.29) is 31.2 Å². The number of nitrogens with two attached hydrogens (primary N) is 1. The average molecular weight is 576 g/mol. The first-order valence-corrected chi connectivity index (χ1v) is 14.2. The van der Waals surface area contributed by atoms with E-state index in [1.54, 1.807) is 75.4 Å². The summed E-state index contributed by atoms with van der Waals surface area (Å²) in [5.74, 6) is -3.12. The number of benzene rings is 2. The number of amidine groups is 1. The highest BCUT2D eigenvalue weighted by atomic mass is 32.2. The first kappa shape index (κ1) is 32.4. The third-order valence-corrected chi connectivity index (χ3v) is 6.89. The maximum Gasteiger partial charge on any atom is 0.303 e. The Balaban J connectivity index is 2.17. The van der Waals surface area contributed by atoms with E-state index >= 15 is 0 Å². The molecular weight excluding hydrogens is 538 g/mol. The number of carboxylic acids is 1. The Morgan fingerprint density at radius 2 is 1.60 bits per heavy atom. The lowest BCUT2D eigenvalue weighted by Crippen LogP contribution is -2.55. The molecule has 2 atom stereocenters.